The van der Waals surface area contributed by atoms with Crippen LogP contribution in [0.15, 0.2) is 18.3 Å². The van der Waals surface area contributed by atoms with Gasteiger partial charge in [0.05, 0.1) is 18.7 Å². The van der Waals surface area contributed by atoms with Gasteiger partial charge in [-0.25, -0.2) is 4.98 Å². The number of aromatic amines is 1. The van der Waals surface area contributed by atoms with E-state index in [2.05, 4.69) is 9.97 Å². The summed E-state index contributed by atoms with van der Waals surface area (Å²) in [5.74, 6) is -0.481. The summed E-state index contributed by atoms with van der Waals surface area (Å²) >= 11 is 5.17. The number of nitrogens with one attached hydrogen (secondary N) is 1. The number of hydrogen-bond acceptors (Lipinski definition) is 4. The van der Waals surface area contributed by atoms with Crippen LogP contribution in [0.4, 0.5) is 0 Å². The van der Waals surface area contributed by atoms with Crippen molar-refractivity contribution in [1.29, 1.82) is 0 Å². The van der Waals surface area contributed by atoms with Crippen molar-refractivity contribution in [3.8, 4) is 0 Å². The van der Waals surface area contributed by atoms with Crippen molar-refractivity contribution in [2.45, 2.75) is 6.54 Å². The number of pyridine rings is 1. The van der Waals surface area contributed by atoms with Crippen LogP contribution in [0, 0.1) is 4.77 Å². The van der Waals surface area contributed by atoms with Gasteiger partial charge in [-0.1, -0.05) is 0 Å². The molecular formula is C10H12N4O2S. The van der Waals surface area contributed by atoms with Gasteiger partial charge in [-0.15, -0.1) is 0 Å². The second-order valence-electron chi connectivity index (χ2n) is 3.48. The van der Waals surface area contributed by atoms with Crippen molar-refractivity contribution < 1.29 is 9.53 Å². The Bertz CT molecular complexity index is 589. The molecule has 2 heterocycles. The number of ether oxygens (including phenoxy) is 1. The number of aromatic nitrogens is 3. The molecule has 0 atom stereocenters. The van der Waals surface area contributed by atoms with Crippen molar-refractivity contribution in [1.82, 2.24) is 14.5 Å². The molecule has 2 aromatic heterocycles. The number of primary amides is 1. The Balaban J connectivity index is 2.10. The van der Waals surface area contributed by atoms with Gasteiger partial charge in [-0.05, 0) is 24.4 Å². The molecule has 90 valence electrons. The van der Waals surface area contributed by atoms with Crippen LogP contribution in [0.3, 0.4) is 0 Å². The molecule has 0 bridgehead atoms. The second kappa shape index (κ2) is 5.07. The number of hydrogen-bond donors (Lipinski definition) is 2. The molecule has 1 amide bonds. The Morgan fingerprint density at radius 1 is 1.65 bits per heavy atom. The zero-order valence-electron chi connectivity index (χ0n) is 9.05. The quantitative estimate of drug-likeness (QED) is 0.602. The maximum Gasteiger partial charge on any atom is 0.243 e. The number of nitrogens with zero attached hydrogens (tertiary/aromatic N) is 2. The molecule has 0 aliphatic carbocycles. The number of carbonyl (C=O) groups excluding carboxylic acids is 1. The van der Waals surface area contributed by atoms with Crippen molar-refractivity contribution in [3.63, 3.8) is 0 Å². The average molecular weight is 252 g/mol. The first-order valence-corrected chi connectivity index (χ1v) is 5.49. The van der Waals surface area contributed by atoms with Crippen molar-refractivity contribution in [3.05, 3.63) is 23.1 Å². The minimum Gasteiger partial charge on any atom is -0.370 e. The smallest absolute Gasteiger partial charge is 0.243 e. The minimum atomic E-state index is -0.481. The van der Waals surface area contributed by atoms with Gasteiger partial charge in [-0.2, -0.15) is 0 Å². The summed E-state index contributed by atoms with van der Waals surface area (Å²) in [6, 6.07) is 3.74. The lowest BCUT2D eigenvalue weighted by atomic mass is 10.4. The number of carbonyl (C=O) groups is 1. The van der Waals surface area contributed by atoms with Crippen LogP contribution in [0.2, 0.25) is 0 Å². The Morgan fingerprint density at radius 3 is 3.24 bits per heavy atom. The lowest BCUT2D eigenvalue weighted by Gasteiger charge is -2.03. The molecule has 0 saturated heterocycles. The summed E-state index contributed by atoms with van der Waals surface area (Å²) in [5, 5.41) is 0. The van der Waals surface area contributed by atoms with E-state index in [1.807, 2.05) is 16.7 Å². The van der Waals surface area contributed by atoms with Gasteiger partial charge >= 0.3 is 0 Å². The van der Waals surface area contributed by atoms with Crippen LogP contribution < -0.4 is 5.73 Å². The molecule has 0 fully saturated rings. The van der Waals surface area contributed by atoms with Crippen LogP contribution >= 0.6 is 12.2 Å². The minimum absolute atomic E-state index is 0.0803. The topological polar surface area (TPSA) is 85.9 Å². The third kappa shape index (κ3) is 2.69. The molecule has 0 unspecified atom stereocenters. The molecule has 7 heteroatoms. The molecule has 2 aromatic rings. The summed E-state index contributed by atoms with van der Waals surface area (Å²) in [7, 11) is 0. The molecule has 6 nitrogen and oxygen atoms in total. The number of H-pyrrole nitrogens is 1. The molecule has 3 N–H and O–H groups in total. The van der Waals surface area contributed by atoms with Crippen LogP contribution in [0.1, 0.15) is 0 Å². The number of nitrogens with two attached hydrogens (primary N) is 1. The summed E-state index contributed by atoms with van der Waals surface area (Å²) in [5.41, 5.74) is 6.62. The van der Waals surface area contributed by atoms with Gasteiger partial charge in [0.15, 0.2) is 10.4 Å². The molecule has 0 aliphatic rings. The van der Waals surface area contributed by atoms with Crippen molar-refractivity contribution in [2.75, 3.05) is 13.2 Å². The highest BCUT2D eigenvalue weighted by atomic mass is 32.1. The monoisotopic (exact) mass is 252 g/mol. The molecule has 17 heavy (non-hydrogen) atoms. The fourth-order valence-corrected chi connectivity index (χ4v) is 1.81. The first kappa shape index (κ1) is 11.7. The van der Waals surface area contributed by atoms with E-state index < -0.39 is 5.91 Å². The number of rotatable bonds is 5. The van der Waals surface area contributed by atoms with E-state index in [4.69, 9.17) is 22.7 Å². The SMILES string of the molecule is NC(=O)COCCn1c(=S)[nH]c2cccnc21. The number of imidazole rings is 1. The predicted octanol–water partition coefficient (Wildman–Crippen LogP) is 0.596. The fourth-order valence-electron chi connectivity index (χ4n) is 1.52. The molecule has 0 saturated carbocycles. The Kier molecular flexibility index (Phi) is 3.50. The third-order valence-electron chi connectivity index (χ3n) is 2.23. The zero-order valence-corrected chi connectivity index (χ0v) is 9.87. The number of fused-ring (bicyclic) bond motifs is 1. The molecule has 0 spiro atoms. The van der Waals surface area contributed by atoms with Crippen LogP contribution in [-0.4, -0.2) is 33.7 Å². The second-order valence-corrected chi connectivity index (χ2v) is 3.86. The summed E-state index contributed by atoms with van der Waals surface area (Å²) in [4.78, 5) is 17.8. The predicted molar refractivity (Wildman–Crippen MR) is 64.9 cm³/mol. The molecule has 0 aliphatic heterocycles. The summed E-state index contributed by atoms with van der Waals surface area (Å²) in [6.45, 7) is 0.813. The number of amides is 1. The maximum absolute atomic E-state index is 10.5. The van der Waals surface area contributed by atoms with E-state index >= 15 is 0 Å². The average Bonchev–Trinajstić information content (AvgIpc) is 2.60. The lowest BCUT2D eigenvalue weighted by Crippen LogP contribution is -2.19. The molecule has 0 radical (unpaired) electrons. The Morgan fingerprint density at radius 2 is 2.47 bits per heavy atom. The lowest BCUT2D eigenvalue weighted by molar-refractivity contribution is -0.122. The van der Waals surface area contributed by atoms with E-state index in [9.17, 15) is 4.79 Å². The van der Waals surface area contributed by atoms with Crippen LogP contribution in [0.25, 0.3) is 11.2 Å². The largest absolute Gasteiger partial charge is 0.370 e. The zero-order chi connectivity index (χ0) is 12.3. The highest BCUT2D eigenvalue weighted by molar-refractivity contribution is 7.71. The van der Waals surface area contributed by atoms with Gasteiger partial charge in [0, 0.05) is 6.20 Å². The molecule has 0 aromatic carbocycles. The van der Waals surface area contributed by atoms with E-state index in [0.29, 0.717) is 17.9 Å². The van der Waals surface area contributed by atoms with E-state index in [0.717, 1.165) is 11.2 Å². The summed E-state index contributed by atoms with van der Waals surface area (Å²) in [6.07, 6.45) is 1.70. The molecular weight excluding hydrogens is 240 g/mol. The fraction of sp³-hybridized carbons (Fsp3) is 0.300. The van der Waals surface area contributed by atoms with Gasteiger partial charge in [-0.3, -0.25) is 9.36 Å². The molecule has 2 rings (SSSR count). The highest BCUT2D eigenvalue weighted by Gasteiger charge is 2.04. The van der Waals surface area contributed by atoms with Crippen molar-refractivity contribution in [2.24, 2.45) is 5.73 Å². The first-order valence-electron chi connectivity index (χ1n) is 5.08. The van der Waals surface area contributed by atoms with E-state index in [1.165, 1.54) is 0 Å². The van der Waals surface area contributed by atoms with E-state index in [-0.39, 0.29) is 6.61 Å². The summed E-state index contributed by atoms with van der Waals surface area (Å²) < 4.78 is 7.50. The van der Waals surface area contributed by atoms with Crippen LogP contribution in [-0.2, 0) is 16.1 Å². The van der Waals surface area contributed by atoms with Gasteiger partial charge in [0.1, 0.15) is 6.61 Å². The maximum atomic E-state index is 10.5. The standard InChI is InChI=1S/C10H12N4O2S/c11-8(15)6-16-5-4-14-9-7(13-10(14)17)2-1-3-12-9/h1-3H,4-6H2,(H2,11,15)(H,13,17). The van der Waals surface area contributed by atoms with Gasteiger partial charge in [0.2, 0.25) is 5.91 Å². The van der Waals surface area contributed by atoms with E-state index in [1.54, 1.807) is 6.20 Å². The Labute approximate surface area is 102 Å². The Hall–Kier alpha value is -1.73. The van der Waals surface area contributed by atoms with Gasteiger partial charge < -0.3 is 15.5 Å². The third-order valence-corrected chi connectivity index (χ3v) is 2.56. The van der Waals surface area contributed by atoms with Gasteiger partial charge in [0.25, 0.3) is 0 Å². The highest BCUT2D eigenvalue weighted by Crippen LogP contribution is 2.10. The normalized spacial score (nSPS) is 10.8. The van der Waals surface area contributed by atoms with Crippen molar-refractivity contribution >= 4 is 29.3 Å². The van der Waals surface area contributed by atoms with Crippen LogP contribution in [0.5, 0.6) is 0 Å². The first-order chi connectivity index (χ1) is 8.18.